The van der Waals surface area contributed by atoms with E-state index in [1.807, 2.05) is 6.07 Å². The first-order valence-electron chi connectivity index (χ1n) is 3.97. The second-order valence-corrected chi connectivity index (χ2v) is 3.84. The van der Waals surface area contributed by atoms with Crippen LogP contribution in [0.25, 0.3) is 0 Å². The van der Waals surface area contributed by atoms with Crippen molar-refractivity contribution in [3.05, 3.63) is 27.7 Å². The van der Waals surface area contributed by atoms with E-state index in [9.17, 15) is 0 Å². The highest BCUT2D eigenvalue weighted by atomic mass is 79.9. The highest BCUT2D eigenvalue weighted by Gasteiger charge is 2.14. The summed E-state index contributed by atoms with van der Waals surface area (Å²) >= 11 is 3.41. The van der Waals surface area contributed by atoms with Crippen molar-refractivity contribution in [3.8, 4) is 0 Å². The Labute approximate surface area is 91.9 Å². The quantitative estimate of drug-likeness (QED) is 0.816. The lowest BCUT2D eigenvalue weighted by atomic mass is 10.1. The maximum atomic E-state index is 9.08. The molecule has 0 bridgehead atoms. The van der Waals surface area contributed by atoms with Gasteiger partial charge >= 0.3 is 0 Å². The lowest BCUT2D eigenvalue weighted by Crippen LogP contribution is -1.90. The molecule has 0 aliphatic carbocycles. The third-order valence-corrected chi connectivity index (χ3v) is 2.63. The second-order valence-electron chi connectivity index (χ2n) is 2.93. The molecule has 1 aromatic carbocycles. The van der Waals surface area contributed by atoms with Gasteiger partial charge in [0.2, 0.25) is 0 Å². The van der Waals surface area contributed by atoms with Gasteiger partial charge in [-0.05, 0) is 29.7 Å². The van der Waals surface area contributed by atoms with Crippen molar-refractivity contribution in [1.29, 1.82) is 0 Å². The highest BCUT2D eigenvalue weighted by molar-refractivity contribution is 9.10. The van der Waals surface area contributed by atoms with Gasteiger partial charge in [-0.1, -0.05) is 15.9 Å². The predicted octanol–water partition coefficient (Wildman–Crippen LogP) is 2.33. The third-order valence-electron chi connectivity index (χ3n) is 2.17. The second kappa shape index (κ2) is 4.31. The fraction of sp³-hybridized carbons (Fsp3) is 0.333. The number of hydrogen-bond acceptors (Lipinski definition) is 2. The van der Waals surface area contributed by atoms with Gasteiger partial charge in [0.1, 0.15) is 0 Å². The monoisotopic (exact) mass is 263 g/mol. The van der Waals surface area contributed by atoms with Gasteiger partial charge in [0.15, 0.2) is 0 Å². The van der Waals surface area contributed by atoms with Crippen molar-refractivity contribution < 1.29 is 5.11 Å². The van der Waals surface area contributed by atoms with Gasteiger partial charge < -0.3 is 10.4 Å². The fourth-order valence-corrected chi connectivity index (χ4v) is 2.11. The maximum Gasteiger partial charge on any atom is 0.0685 e. The summed E-state index contributed by atoms with van der Waals surface area (Å²) in [5, 5.41) is 12.4. The highest BCUT2D eigenvalue weighted by Crippen LogP contribution is 2.29. The Morgan fingerprint density at radius 3 is 2.92 bits per heavy atom. The summed E-state index contributed by atoms with van der Waals surface area (Å²) in [4.78, 5) is 0. The number of hydrogen-bond donors (Lipinski definition) is 2. The Kier molecular flexibility index (Phi) is 3.59. The van der Waals surface area contributed by atoms with Crippen LogP contribution in [0.4, 0.5) is 5.69 Å². The molecule has 4 heteroatoms. The third kappa shape index (κ3) is 1.98. The smallest absolute Gasteiger partial charge is 0.0685 e. The average molecular weight is 265 g/mol. The van der Waals surface area contributed by atoms with E-state index in [4.69, 9.17) is 5.11 Å². The fourth-order valence-electron chi connectivity index (χ4n) is 1.61. The molecule has 1 heterocycles. The number of fused-ring (bicyclic) bond motifs is 1. The molecule has 0 fully saturated rings. The van der Waals surface area contributed by atoms with Crippen LogP contribution < -0.4 is 5.32 Å². The molecule has 2 rings (SSSR count). The molecular weight excluding hydrogens is 253 g/mol. The van der Waals surface area contributed by atoms with E-state index < -0.39 is 0 Å². The molecule has 0 saturated heterocycles. The van der Waals surface area contributed by atoms with Crippen LogP contribution in [0.5, 0.6) is 0 Å². The van der Waals surface area contributed by atoms with Gasteiger partial charge in [-0.25, -0.2) is 0 Å². The Balaban J connectivity index is 0.000000845. The lowest BCUT2D eigenvalue weighted by Gasteiger charge is -2.05. The Bertz CT molecular complexity index is 317. The minimum atomic E-state index is 0. The van der Waals surface area contributed by atoms with Crippen molar-refractivity contribution in [2.75, 3.05) is 11.9 Å². The molecule has 13 heavy (non-hydrogen) atoms. The van der Waals surface area contributed by atoms with Crippen molar-refractivity contribution in [2.45, 2.75) is 13.0 Å². The molecule has 1 aromatic rings. The van der Waals surface area contributed by atoms with Crippen molar-refractivity contribution in [3.63, 3.8) is 0 Å². The molecule has 1 aliphatic heterocycles. The summed E-state index contributed by atoms with van der Waals surface area (Å²) < 4.78 is 1.03. The van der Waals surface area contributed by atoms with E-state index in [1.165, 1.54) is 5.56 Å². The molecule has 0 aromatic heterocycles. The summed E-state index contributed by atoms with van der Waals surface area (Å²) in [7, 11) is 0. The van der Waals surface area contributed by atoms with Crippen molar-refractivity contribution in [1.82, 2.24) is 0 Å². The van der Waals surface area contributed by atoms with Crippen LogP contribution >= 0.6 is 28.3 Å². The number of aliphatic hydroxyl groups is 1. The van der Waals surface area contributed by atoms with Crippen LogP contribution in [0.15, 0.2) is 16.6 Å². The number of nitrogens with one attached hydrogen (secondary N) is 1. The van der Waals surface area contributed by atoms with Crippen LogP contribution in [0, 0.1) is 0 Å². The van der Waals surface area contributed by atoms with E-state index in [0.29, 0.717) is 0 Å². The summed E-state index contributed by atoms with van der Waals surface area (Å²) in [6.07, 6.45) is 1.03. The standard InChI is InChI=1S/C9H10BrNO.ClH/c10-7-3-6(5-12)8-1-2-11-9(8)4-7;/h3-4,11-12H,1-2,5H2;1H. The molecule has 72 valence electrons. The van der Waals surface area contributed by atoms with Crippen LogP contribution in [0.3, 0.4) is 0 Å². The van der Waals surface area contributed by atoms with Crippen molar-refractivity contribution in [2.24, 2.45) is 0 Å². The number of anilines is 1. The zero-order chi connectivity index (χ0) is 8.55. The van der Waals surface area contributed by atoms with Gasteiger partial charge in [-0.15, -0.1) is 12.4 Å². The first-order chi connectivity index (χ1) is 5.81. The molecule has 0 saturated carbocycles. The zero-order valence-electron chi connectivity index (χ0n) is 7.01. The number of aliphatic hydroxyl groups excluding tert-OH is 1. The van der Waals surface area contributed by atoms with E-state index in [0.717, 1.165) is 28.7 Å². The molecule has 0 spiro atoms. The first-order valence-corrected chi connectivity index (χ1v) is 4.76. The molecule has 0 radical (unpaired) electrons. The van der Waals surface area contributed by atoms with Gasteiger partial charge in [0.05, 0.1) is 6.61 Å². The summed E-state index contributed by atoms with van der Waals surface area (Å²) in [5.74, 6) is 0. The molecule has 1 aliphatic rings. The Hall–Kier alpha value is -0.250. The van der Waals surface area contributed by atoms with Crippen LogP contribution in [0.1, 0.15) is 11.1 Å². The number of benzene rings is 1. The molecule has 0 atom stereocenters. The Morgan fingerprint density at radius 2 is 2.23 bits per heavy atom. The van der Waals surface area contributed by atoms with Crippen molar-refractivity contribution >= 4 is 34.0 Å². The van der Waals surface area contributed by atoms with E-state index in [1.54, 1.807) is 0 Å². The molecule has 2 nitrogen and oxygen atoms in total. The maximum absolute atomic E-state index is 9.08. The molecule has 2 N–H and O–H groups in total. The largest absolute Gasteiger partial charge is 0.392 e. The van der Waals surface area contributed by atoms with E-state index in [2.05, 4.69) is 27.3 Å². The summed E-state index contributed by atoms with van der Waals surface area (Å²) in [5.41, 5.74) is 3.46. The predicted molar refractivity (Wildman–Crippen MR) is 59.5 cm³/mol. The normalized spacial score (nSPS) is 13.1. The minimum Gasteiger partial charge on any atom is -0.392 e. The van der Waals surface area contributed by atoms with Gasteiger partial charge in [-0.3, -0.25) is 0 Å². The molecular formula is C9H11BrClNO. The topological polar surface area (TPSA) is 32.3 Å². The van der Waals surface area contributed by atoms with Gasteiger partial charge in [0, 0.05) is 16.7 Å². The van der Waals surface area contributed by atoms with Crippen LogP contribution in [-0.2, 0) is 13.0 Å². The molecule has 0 amide bonds. The average Bonchev–Trinajstić information content (AvgIpc) is 2.50. The first kappa shape index (κ1) is 10.8. The Morgan fingerprint density at radius 1 is 1.46 bits per heavy atom. The van der Waals surface area contributed by atoms with Crippen LogP contribution in [-0.4, -0.2) is 11.7 Å². The number of halogens is 2. The summed E-state index contributed by atoms with van der Waals surface area (Å²) in [6, 6.07) is 4.04. The minimum absolute atomic E-state index is 0. The van der Waals surface area contributed by atoms with Gasteiger partial charge in [-0.2, -0.15) is 0 Å². The zero-order valence-corrected chi connectivity index (χ0v) is 9.41. The van der Waals surface area contributed by atoms with E-state index >= 15 is 0 Å². The number of rotatable bonds is 1. The molecule has 0 unspecified atom stereocenters. The van der Waals surface area contributed by atoms with Crippen LogP contribution in [0.2, 0.25) is 0 Å². The van der Waals surface area contributed by atoms with E-state index in [-0.39, 0.29) is 19.0 Å². The van der Waals surface area contributed by atoms with Gasteiger partial charge in [0.25, 0.3) is 0 Å². The lowest BCUT2D eigenvalue weighted by molar-refractivity contribution is 0.281. The summed E-state index contributed by atoms with van der Waals surface area (Å²) in [6.45, 7) is 1.11. The SMILES string of the molecule is Cl.OCc1cc(Br)cc2c1CCN2.